The lowest BCUT2D eigenvalue weighted by Crippen LogP contribution is -2.40. The van der Waals surface area contributed by atoms with Gasteiger partial charge in [0, 0.05) is 11.8 Å². The topological polar surface area (TPSA) is 88.5 Å². The van der Waals surface area contributed by atoms with Crippen molar-refractivity contribution in [2.75, 3.05) is 6.54 Å². The number of aromatic nitrogens is 1. The van der Waals surface area contributed by atoms with E-state index in [-0.39, 0.29) is 24.6 Å². The summed E-state index contributed by atoms with van der Waals surface area (Å²) >= 11 is 1.45. The number of hydrogen-bond acceptors (Lipinski definition) is 5. The predicted octanol–water partition coefficient (Wildman–Crippen LogP) is 1.86. The molecule has 0 fully saturated rings. The highest BCUT2D eigenvalue weighted by Gasteiger charge is 2.20. The largest absolute Gasteiger partial charge is 0.478 e. The Bertz CT molecular complexity index is 646. The Hall–Kier alpha value is -2.48. The summed E-state index contributed by atoms with van der Waals surface area (Å²) in [7, 11) is 0. The third kappa shape index (κ3) is 5.67. The number of rotatable bonds is 8. The molecule has 0 aliphatic heterocycles. The van der Waals surface area contributed by atoms with Crippen LogP contribution in [0, 0.1) is 5.82 Å². The molecule has 0 saturated carbocycles. The molecule has 0 saturated heterocycles. The fourth-order valence-electron chi connectivity index (χ4n) is 1.75. The van der Waals surface area contributed by atoms with Gasteiger partial charge in [0.15, 0.2) is 0 Å². The minimum atomic E-state index is -1.25. The van der Waals surface area contributed by atoms with Crippen molar-refractivity contribution in [3.63, 3.8) is 0 Å². The highest BCUT2D eigenvalue weighted by Crippen LogP contribution is 2.13. The van der Waals surface area contributed by atoms with E-state index in [0.29, 0.717) is 6.42 Å². The van der Waals surface area contributed by atoms with Gasteiger partial charge in [-0.2, -0.15) is 0 Å². The number of carboxylic acid groups (broad SMARTS) is 1. The Balaban J connectivity index is 1.80. The first kappa shape index (κ1) is 16.9. The molecule has 0 aliphatic carbocycles. The average Bonchev–Trinajstić information content (AvgIpc) is 3.04. The van der Waals surface area contributed by atoms with Crippen molar-refractivity contribution >= 4 is 23.2 Å². The normalized spacial score (nSPS) is 11.7. The van der Waals surface area contributed by atoms with Gasteiger partial charge in [0.1, 0.15) is 11.6 Å². The SMILES string of the molecule is O=C(CCc1cscn1)NCC(Oc1ccc(F)cc1)C(=O)O. The maximum atomic E-state index is 12.8. The van der Waals surface area contributed by atoms with Gasteiger partial charge in [-0.25, -0.2) is 14.2 Å². The molecule has 2 rings (SSSR count). The predicted molar refractivity (Wildman–Crippen MR) is 81.9 cm³/mol. The van der Waals surface area contributed by atoms with Crippen LogP contribution in [0.15, 0.2) is 35.2 Å². The van der Waals surface area contributed by atoms with Gasteiger partial charge >= 0.3 is 5.97 Å². The van der Waals surface area contributed by atoms with Crippen molar-refractivity contribution in [1.29, 1.82) is 0 Å². The number of carboxylic acids is 1. The molecule has 1 atom stereocenters. The van der Waals surface area contributed by atoms with Crippen molar-refractivity contribution in [2.24, 2.45) is 0 Å². The first-order chi connectivity index (χ1) is 11.0. The number of aliphatic carboxylic acids is 1. The fraction of sp³-hybridized carbons (Fsp3) is 0.267. The lowest BCUT2D eigenvalue weighted by atomic mass is 10.2. The second kappa shape index (κ2) is 8.23. The number of carbonyl (C=O) groups is 2. The number of aryl methyl sites for hydroxylation is 1. The molecule has 0 bridgehead atoms. The number of benzene rings is 1. The smallest absolute Gasteiger partial charge is 0.346 e. The van der Waals surface area contributed by atoms with E-state index in [0.717, 1.165) is 5.69 Å². The molecule has 122 valence electrons. The van der Waals surface area contributed by atoms with Gasteiger partial charge in [-0.05, 0) is 30.7 Å². The molecule has 8 heteroatoms. The summed E-state index contributed by atoms with van der Waals surface area (Å²) in [5, 5.41) is 13.5. The molecule has 1 unspecified atom stereocenters. The van der Waals surface area contributed by atoms with Crippen LogP contribution in [0.25, 0.3) is 0 Å². The van der Waals surface area contributed by atoms with E-state index in [1.807, 2.05) is 5.38 Å². The molecule has 23 heavy (non-hydrogen) atoms. The van der Waals surface area contributed by atoms with Crippen LogP contribution < -0.4 is 10.1 Å². The summed E-state index contributed by atoms with van der Waals surface area (Å²) < 4.78 is 18.0. The summed E-state index contributed by atoms with van der Waals surface area (Å²) in [5.41, 5.74) is 2.51. The molecule has 1 amide bonds. The van der Waals surface area contributed by atoms with Crippen molar-refractivity contribution in [3.05, 3.63) is 46.7 Å². The molecule has 2 N–H and O–H groups in total. The third-order valence-electron chi connectivity index (χ3n) is 2.94. The molecule has 0 aliphatic rings. The Kier molecular flexibility index (Phi) is 6.04. The molecule has 2 aromatic rings. The standard InChI is InChI=1S/C15H15FN2O4S/c16-10-1-4-12(5-2-10)22-13(15(20)21)7-17-14(19)6-3-11-8-23-9-18-11/h1-2,4-5,8-9,13H,3,6-7H2,(H,17,19)(H,20,21). The first-order valence-electron chi connectivity index (χ1n) is 6.83. The Labute approximate surface area is 135 Å². The summed E-state index contributed by atoms with van der Waals surface area (Å²) in [4.78, 5) is 27.0. The van der Waals surface area contributed by atoms with Gasteiger partial charge < -0.3 is 15.2 Å². The highest BCUT2D eigenvalue weighted by molar-refractivity contribution is 7.07. The van der Waals surface area contributed by atoms with Crippen LogP contribution in [0.4, 0.5) is 4.39 Å². The summed E-state index contributed by atoms with van der Waals surface area (Å²) in [6.45, 7) is -0.178. The van der Waals surface area contributed by atoms with E-state index in [2.05, 4.69) is 10.3 Å². The molecule has 0 spiro atoms. The highest BCUT2D eigenvalue weighted by atomic mass is 32.1. The van der Waals surface area contributed by atoms with Gasteiger partial charge in [-0.3, -0.25) is 4.79 Å². The van der Waals surface area contributed by atoms with Crippen molar-refractivity contribution in [3.8, 4) is 5.75 Å². The fourth-order valence-corrected chi connectivity index (χ4v) is 2.35. The minimum Gasteiger partial charge on any atom is -0.478 e. The van der Waals surface area contributed by atoms with E-state index in [1.165, 1.54) is 35.6 Å². The van der Waals surface area contributed by atoms with E-state index in [4.69, 9.17) is 9.84 Å². The zero-order valence-corrected chi connectivity index (χ0v) is 12.9. The Morgan fingerprint density at radius 2 is 2.09 bits per heavy atom. The molecule has 1 heterocycles. The monoisotopic (exact) mass is 338 g/mol. The quantitative estimate of drug-likeness (QED) is 0.767. The summed E-state index contributed by atoms with van der Waals surface area (Å²) in [6.07, 6.45) is -0.540. The van der Waals surface area contributed by atoms with Crippen LogP contribution >= 0.6 is 11.3 Å². The van der Waals surface area contributed by atoms with Gasteiger partial charge in [0.25, 0.3) is 0 Å². The Morgan fingerprint density at radius 3 is 2.70 bits per heavy atom. The van der Waals surface area contributed by atoms with Gasteiger partial charge in [-0.15, -0.1) is 11.3 Å². The van der Waals surface area contributed by atoms with Crippen LogP contribution in [-0.2, 0) is 16.0 Å². The van der Waals surface area contributed by atoms with E-state index >= 15 is 0 Å². The van der Waals surface area contributed by atoms with E-state index in [1.54, 1.807) is 5.51 Å². The minimum absolute atomic E-state index is 0.178. The lowest BCUT2D eigenvalue weighted by Gasteiger charge is -2.15. The lowest BCUT2D eigenvalue weighted by molar-refractivity contribution is -0.145. The average molecular weight is 338 g/mol. The maximum absolute atomic E-state index is 12.8. The zero-order chi connectivity index (χ0) is 16.7. The van der Waals surface area contributed by atoms with Gasteiger partial charge in [0.05, 0.1) is 17.7 Å². The van der Waals surface area contributed by atoms with Crippen LogP contribution in [0.5, 0.6) is 5.75 Å². The molecular weight excluding hydrogens is 323 g/mol. The summed E-state index contributed by atoms with van der Waals surface area (Å²) in [6, 6.07) is 4.99. The zero-order valence-electron chi connectivity index (χ0n) is 12.1. The molecule has 1 aromatic heterocycles. The van der Waals surface area contributed by atoms with Crippen molar-refractivity contribution < 1.29 is 23.8 Å². The number of ether oxygens (including phenoxy) is 1. The molecule has 6 nitrogen and oxygen atoms in total. The number of nitrogens with zero attached hydrogens (tertiary/aromatic N) is 1. The van der Waals surface area contributed by atoms with Gasteiger partial charge in [-0.1, -0.05) is 0 Å². The number of halogens is 1. The van der Waals surface area contributed by atoms with Crippen LogP contribution in [-0.4, -0.2) is 34.6 Å². The first-order valence-corrected chi connectivity index (χ1v) is 7.77. The van der Waals surface area contributed by atoms with Gasteiger partial charge in [0.2, 0.25) is 12.0 Å². The van der Waals surface area contributed by atoms with Crippen LogP contribution in [0.2, 0.25) is 0 Å². The maximum Gasteiger partial charge on any atom is 0.346 e. The van der Waals surface area contributed by atoms with Crippen LogP contribution in [0.1, 0.15) is 12.1 Å². The Morgan fingerprint density at radius 1 is 1.35 bits per heavy atom. The second-order valence-electron chi connectivity index (χ2n) is 4.68. The number of hydrogen-bond donors (Lipinski definition) is 2. The van der Waals surface area contributed by atoms with E-state index < -0.39 is 17.9 Å². The number of thiazole rings is 1. The number of carbonyl (C=O) groups excluding carboxylic acids is 1. The number of nitrogens with one attached hydrogen (secondary N) is 1. The second-order valence-corrected chi connectivity index (χ2v) is 5.40. The summed E-state index contributed by atoms with van der Waals surface area (Å²) in [5.74, 6) is -1.73. The molecule has 0 radical (unpaired) electrons. The number of amides is 1. The van der Waals surface area contributed by atoms with Crippen molar-refractivity contribution in [1.82, 2.24) is 10.3 Å². The van der Waals surface area contributed by atoms with Crippen molar-refractivity contribution in [2.45, 2.75) is 18.9 Å². The molecular formula is C15H15FN2O4S. The third-order valence-corrected chi connectivity index (χ3v) is 3.58. The van der Waals surface area contributed by atoms with Crippen LogP contribution in [0.3, 0.4) is 0 Å². The molecule has 1 aromatic carbocycles. The van der Waals surface area contributed by atoms with E-state index in [9.17, 15) is 14.0 Å².